The molecular formula is C15H28N2O3. The number of carboxylic acid groups (broad SMARTS) is 1. The summed E-state index contributed by atoms with van der Waals surface area (Å²) in [6.07, 6.45) is 3.02. The van der Waals surface area contributed by atoms with Crippen LogP contribution in [0.1, 0.15) is 52.9 Å². The molecule has 0 unspecified atom stereocenters. The Morgan fingerprint density at radius 2 is 1.75 bits per heavy atom. The van der Waals surface area contributed by atoms with Gasteiger partial charge in [0.1, 0.15) is 0 Å². The number of carboxylic acids is 1. The van der Waals surface area contributed by atoms with Crippen molar-refractivity contribution in [3.8, 4) is 0 Å². The van der Waals surface area contributed by atoms with Crippen LogP contribution in [0.5, 0.6) is 0 Å². The summed E-state index contributed by atoms with van der Waals surface area (Å²) in [5, 5.41) is 12.7. The molecule has 1 amide bonds. The van der Waals surface area contributed by atoms with E-state index in [2.05, 4.69) is 5.32 Å². The molecule has 2 N–H and O–H groups in total. The topological polar surface area (TPSA) is 69.6 Å². The number of aliphatic carboxylic acids is 1. The Morgan fingerprint density at radius 3 is 2.15 bits per heavy atom. The average Bonchev–Trinajstić information content (AvgIpc) is 2.46. The highest BCUT2D eigenvalue weighted by Gasteiger charge is 2.39. The minimum atomic E-state index is -0.905. The van der Waals surface area contributed by atoms with Crippen LogP contribution in [0.2, 0.25) is 0 Å². The first-order valence-electron chi connectivity index (χ1n) is 7.74. The fourth-order valence-electron chi connectivity index (χ4n) is 3.03. The van der Waals surface area contributed by atoms with Crippen molar-refractivity contribution in [2.24, 2.45) is 5.41 Å². The van der Waals surface area contributed by atoms with Gasteiger partial charge < -0.3 is 15.3 Å². The third-order valence-corrected chi connectivity index (χ3v) is 4.71. The summed E-state index contributed by atoms with van der Waals surface area (Å²) in [5.41, 5.74) is -0.905. The molecule has 0 atom stereocenters. The molecule has 1 saturated heterocycles. The van der Waals surface area contributed by atoms with Crippen LogP contribution in [0, 0.1) is 5.41 Å². The van der Waals surface area contributed by atoms with Gasteiger partial charge in [0.25, 0.3) is 0 Å². The molecule has 0 bridgehead atoms. The van der Waals surface area contributed by atoms with E-state index < -0.39 is 11.4 Å². The van der Waals surface area contributed by atoms with Crippen molar-refractivity contribution in [3.63, 3.8) is 0 Å². The van der Waals surface area contributed by atoms with Gasteiger partial charge in [-0.2, -0.15) is 0 Å². The first kappa shape index (κ1) is 17.0. The fraction of sp³-hybridized carbons (Fsp3) is 0.867. The van der Waals surface area contributed by atoms with Crippen LogP contribution in [-0.4, -0.2) is 47.6 Å². The second kappa shape index (κ2) is 7.62. The summed E-state index contributed by atoms with van der Waals surface area (Å²) in [6.45, 7) is 8.20. The van der Waals surface area contributed by atoms with Gasteiger partial charge in [0.05, 0.1) is 5.41 Å². The van der Waals surface area contributed by atoms with Crippen LogP contribution in [0.15, 0.2) is 0 Å². The highest BCUT2D eigenvalue weighted by atomic mass is 16.4. The fourth-order valence-corrected chi connectivity index (χ4v) is 3.03. The highest BCUT2D eigenvalue weighted by Crippen LogP contribution is 2.32. The average molecular weight is 284 g/mol. The normalized spacial score (nSPS) is 16.9. The lowest BCUT2D eigenvalue weighted by Crippen LogP contribution is -2.48. The van der Waals surface area contributed by atoms with E-state index in [-0.39, 0.29) is 18.4 Å². The van der Waals surface area contributed by atoms with E-state index in [1.165, 1.54) is 0 Å². The van der Waals surface area contributed by atoms with Gasteiger partial charge in [0.2, 0.25) is 5.91 Å². The lowest BCUT2D eigenvalue weighted by Gasteiger charge is -2.36. The molecule has 1 fully saturated rings. The predicted octanol–water partition coefficient (Wildman–Crippen LogP) is 1.87. The number of nitrogens with one attached hydrogen (secondary N) is 1. The molecule has 1 rings (SSSR count). The zero-order chi connectivity index (χ0) is 15.2. The van der Waals surface area contributed by atoms with Gasteiger partial charge in [-0.1, -0.05) is 13.8 Å². The Balaban J connectivity index is 2.77. The maximum atomic E-state index is 12.6. The molecular weight excluding hydrogens is 256 g/mol. The number of hydrogen-bond acceptors (Lipinski definition) is 3. The summed E-state index contributed by atoms with van der Waals surface area (Å²) in [7, 11) is 0. The number of carbonyl (C=O) groups is 2. The van der Waals surface area contributed by atoms with Crippen molar-refractivity contribution in [2.45, 2.75) is 58.9 Å². The summed E-state index contributed by atoms with van der Waals surface area (Å²) < 4.78 is 0. The van der Waals surface area contributed by atoms with Crippen molar-refractivity contribution in [1.82, 2.24) is 10.2 Å². The van der Waals surface area contributed by atoms with E-state index in [0.29, 0.717) is 19.4 Å². The van der Waals surface area contributed by atoms with E-state index in [9.17, 15) is 14.7 Å². The molecule has 0 aromatic heterocycles. The molecule has 0 aliphatic carbocycles. The van der Waals surface area contributed by atoms with Crippen molar-refractivity contribution in [2.75, 3.05) is 19.6 Å². The minimum Gasteiger partial charge on any atom is -0.481 e. The van der Waals surface area contributed by atoms with E-state index in [0.717, 1.165) is 25.9 Å². The highest BCUT2D eigenvalue weighted by molar-refractivity contribution is 5.85. The molecule has 5 nitrogen and oxygen atoms in total. The molecule has 116 valence electrons. The maximum Gasteiger partial charge on any atom is 0.310 e. The molecule has 0 aromatic rings. The number of amides is 1. The summed E-state index contributed by atoms with van der Waals surface area (Å²) >= 11 is 0. The van der Waals surface area contributed by atoms with E-state index in [4.69, 9.17) is 0 Å². The van der Waals surface area contributed by atoms with Crippen molar-refractivity contribution >= 4 is 11.9 Å². The van der Waals surface area contributed by atoms with Crippen molar-refractivity contribution in [3.05, 3.63) is 0 Å². The van der Waals surface area contributed by atoms with Gasteiger partial charge in [-0.25, -0.2) is 0 Å². The van der Waals surface area contributed by atoms with E-state index in [1.54, 1.807) is 0 Å². The van der Waals surface area contributed by atoms with Crippen molar-refractivity contribution < 1.29 is 14.7 Å². The summed E-state index contributed by atoms with van der Waals surface area (Å²) in [6, 6.07) is 0.258. The smallest absolute Gasteiger partial charge is 0.310 e. The van der Waals surface area contributed by atoms with Crippen LogP contribution in [0.4, 0.5) is 0 Å². The molecule has 20 heavy (non-hydrogen) atoms. The van der Waals surface area contributed by atoms with Gasteiger partial charge >= 0.3 is 5.97 Å². The number of rotatable bonds is 7. The Morgan fingerprint density at radius 1 is 1.20 bits per heavy atom. The number of hydrogen-bond donors (Lipinski definition) is 2. The standard InChI is InChI=1S/C15H28N2O3/c1-4-15(5-2,14(19)20)11-13(18)17(6-3)12-7-9-16-10-8-12/h12,16H,4-11H2,1-3H3,(H,19,20). The summed E-state index contributed by atoms with van der Waals surface area (Å²) in [4.78, 5) is 26.0. The Kier molecular flexibility index (Phi) is 6.46. The largest absolute Gasteiger partial charge is 0.481 e. The maximum absolute atomic E-state index is 12.6. The molecule has 1 heterocycles. The monoisotopic (exact) mass is 284 g/mol. The molecule has 1 aliphatic rings. The first-order valence-corrected chi connectivity index (χ1v) is 7.74. The Labute approximate surface area is 121 Å². The van der Waals surface area contributed by atoms with Gasteiger partial charge in [0, 0.05) is 19.0 Å². The van der Waals surface area contributed by atoms with Gasteiger partial charge in [0.15, 0.2) is 0 Å². The van der Waals surface area contributed by atoms with Crippen LogP contribution >= 0.6 is 0 Å². The third-order valence-electron chi connectivity index (χ3n) is 4.71. The molecule has 0 spiro atoms. The van der Waals surface area contributed by atoms with Gasteiger partial charge in [-0.3, -0.25) is 9.59 Å². The third kappa shape index (κ3) is 3.72. The SMILES string of the molecule is CCN(C(=O)CC(CC)(CC)C(=O)O)C1CCNCC1. The quantitative estimate of drug-likeness (QED) is 0.749. The van der Waals surface area contributed by atoms with Gasteiger partial charge in [-0.05, 0) is 45.7 Å². The Hall–Kier alpha value is -1.10. The van der Waals surface area contributed by atoms with Crippen LogP contribution in [0.3, 0.4) is 0 Å². The van der Waals surface area contributed by atoms with Crippen LogP contribution < -0.4 is 5.32 Å². The predicted molar refractivity (Wildman–Crippen MR) is 78.5 cm³/mol. The number of carbonyl (C=O) groups excluding carboxylic acids is 1. The van der Waals surface area contributed by atoms with Crippen LogP contribution in [0.25, 0.3) is 0 Å². The van der Waals surface area contributed by atoms with Crippen LogP contribution in [-0.2, 0) is 9.59 Å². The second-order valence-corrected chi connectivity index (χ2v) is 5.63. The zero-order valence-corrected chi connectivity index (χ0v) is 12.9. The molecule has 0 saturated carbocycles. The lowest BCUT2D eigenvalue weighted by atomic mass is 9.78. The zero-order valence-electron chi connectivity index (χ0n) is 12.9. The second-order valence-electron chi connectivity index (χ2n) is 5.63. The minimum absolute atomic E-state index is 0.00880. The Bertz CT molecular complexity index is 334. The molecule has 0 radical (unpaired) electrons. The molecule has 0 aromatic carbocycles. The number of nitrogens with zero attached hydrogens (tertiary/aromatic N) is 1. The van der Waals surface area contributed by atoms with E-state index >= 15 is 0 Å². The summed E-state index contributed by atoms with van der Waals surface area (Å²) in [5.74, 6) is -0.859. The van der Waals surface area contributed by atoms with Crippen molar-refractivity contribution in [1.29, 1.82) is 0 Å². The number of piperidine rings is 1. The first-order chi connectivity index (χ1) is 9.50. The molecule has 5 heteroatoms. The molecule has 1 aliphatic heterocycles. The van der Waals surface area contributed by atoms with E-state index in [1.807, 2.05) is 25.7 Å². The van der Waals surface area contributed by atoms with Gasteiger partial charge in [-0.15, -0.1) is 0 Å². The lowest BCUT2D eigenvalue weighted by molar-refractivity contribution is -0.155.